The SMILES string of the molecule is CC/C=C\C(=C(N)N)c1c(OC)ccc2c(Cl)cccc12. The van der Waals surface area contributed by atoms with Crippen LogP contribution in [-0.4, -0.2) is 7.11 Å². The van der Waals surface area contributed by atoms with Crippen molar-refractivity contribution in [3.8, 4) is 5.75 Å². The number of hydrogen-bond donors (Lipinski definition) is 2. The Balaban J connectivity index is 2.85. The molecule has 0 unspecified atom stereocenters. The third kappa shape index (κ3) is 2.98. The third-order valence-corrected chi connectivity index (χ3v) is 3.62. The van der Waals surface area contributed by atoms with Crippen LogP contribution in [0.25, 0.3) is 16.3 Å². The molecule has 0 amide bonds. The van der Waals surface area contributed by atoms with Crippen LogP contribution in [0.5, 0.6) is 5.75 Å². The molecule has 4 heteroatoms. The van der Waals surface area contributed by atoms with Crippen molar-refractivity contribution >= 4 is 27.9 Å². The van der Waals surface area contributed by atoms with Crippen LogP contribution in [0.4, 0.5) is 0 Å². The smallest absolute Gasteiger partial charge is 0.127 e. The number of fused-ring (bicyclic) bond motifs is 1. The summed E-state index contributed by atoms with van der Waals surface area (Å²) < 4.78 is 5.48. The average molecular weight is 303 g/mol. The number of allylic oxidation sites excluding steroid dienone is 3. The first-order valence-corrected chi connectivity index (χ1v) is 7.15. The summed E-state index contributed by atoms with van der Waals surface area (Å²) in [5, 5.41) is 2.59. The molecule has 0 heterocycles. The van der Waals surface area contributed by atoms with Gasteiger partial charge in [0.25, 0.3) is 0 Å². The number of benzene rings is 2. The van der Waals surface area contributed by atoms with Crippen LogP contribution in [0.2, 0.25) is 5.02 Å². The summed E-state index contributed by atoms with van der Waals surface area (Å²) in [4.78, 5) is 0. The highest BCUT2D eigenvalue weighted by atomic mass is 35.5. The van der Waals surface area contributed by atoms with Gasteiger partial charge in [0.2, 0.25) is 0 Å². The fourth-order valence-electron chi connectivity index (χ4n) is 2.31. The normalized spacial score (nSPS) is 11.0. The zero-order chi connectivity index (χ0) is 15.4. The number of ether oxygens (including phenoxy) is 1. The largest absolute Gasteiger partial charge is 0.496 e. The zero-order valence-electron chi connectivity index (χ0n) is 12.2. The van der Waals surface area contributed by atoms with Gasteiger partial charge in [0.1, 0.15) is 11.6 Å². The van der Waals surface area contributed by atoms with Gasteiger partial charge in [-0.1, -0.05) is 42.8 Å². The molecule has 0 aromatic heterocycles. The van der Waals surface area contributed by atoms with Gasteiger partial charge in [-0.05, 0) is 30.0 Å². The lowest BCUT2D eigenvalue weighted by molar-refractivity contribution is 0.414. The predicted molar refractivity (Wildman–Crippen MR) is 90.2 cm³/mol. The van der Waals surface area contributed by atoms with Gasteiger partial charge in [-0.15, -0.1) is 0 Å². The minimum absolute atomic E-state index is 0.255. The van der Waals surface area contributed by atoms with Crippen LogP contribution in [0, 0.1) is 0 Å². The predicted octanol–water partition coefficient (Wildman–Crippen LogP) is 4.05. The van der Waals surface area contributed by atoms with Crippen LogP contribution in [-0.2, 0) is 0 Å². The Kier molecular flexibility index (Phi) is 4.76. The molecule has 0 saturated carbocycles. The minimum atomic E-state index is 0.255. The Bertz CT molecular complexity index is 716. The molecule has 0 spiro atoms. The van der Waals surface area contributed by atoms with E-state index in [1.807, 2.05) is 42.5 Å². The molecule has 0 atom stereocenters. The summed E-state index contributed by atoms with van der Waals surface area (Å²) in [6, 6.07) is 9.57. The molecule has 110 valence electrons. The second-order valence-corrected chi connectivity index (χ2v) is 5.06. The van der Waals surface area contributed by atoms with Crippen molar-refractivity contribution in [1.29, 1.82) is 0 Å². The summed E-state index contributed by atoms with van der Waals surface area (Å²) in [6.07, 6.45) is 4.83. The lowest BCUT2D eigenvalue weighted by Crippen LogP contribution is -2.11. The molecule has 0 saturated heterocycles. The fraction of sp³-hybridized carbons (Fsp3) is 0.176. The first-order chi connectivity index (χ1) is 10.1. The highest BCUT2D eigenvalue weighted by Gasteiger charge is 2.14. The van der Waals surface area contributed by atoms with Gasteiger partial charge in [0, 0.05) is 21.5 Å². The molecule has 3 nitrogen and oxygen atoms in total. The summed E-state index contributed by atoms with van der Waals surface area (Å²) in [6.45, 7) is 2.05. The minimum Gasteiger partial charge on any atom is -0.496 e. The number of nitrogens with two attached hydrogens (primary N) is 2. The molecule has 21 heavy (non-hydrogen) atoms. The average Bonchev–Trinajstić information content (AvgIpc) is 2.47. The lowest BCUT2D eigenvalue weighted by atomic mass is 9.96. The molecule has 0 bridgehead atoms. The Morgan fingerprint density at radius 2 is 1.95 bits per heavy atom. The van der Waals surface area contributed by atoms with E-state index in [0.717, 1.165) is 28.3 Å². The van der Waals surface area contributed by atoms with Crippen molar-refractivity contribution in [3.05, 3.63) is 58.9 Å². The molecular formula is C17H19ClN2O. The van der Waals surface area contributed by atoms with Crippen molar-refractivity contribution in [2.75, 3.05) is 7.11 Å². The Labute approximate surface area is 129 Å². The van der Waals surface area contributed by atoms with Gasteiger partial charge in [0.05, 0.1) is 7.11 Å². The van der Waals surface area contributed by atoms with Gasteiger partial charge in [-0.3, -0.25) is 0 Å². The number of methoxy groups -OCH3 is 1. The first kappa shape index (κ1) is 15.3. The summed E-state index contributed by atoms with van der Waals surface area (Å²) in [5.41, 5.74) is 13.4. The summed E-state index contributed by atoms with van der Waals surface area (Å²) >= 11 is 6.28. The maximum atomic E-state index is 6.28. The topological polar surface area (TPSA) is 61.3 Å². The van der Waals surface area contributed by atoms with Crippen molar-refractivity contribution < 1.29 is 4.74 Å². The van der Waals surface area contributed by atoms with E-state index in [2.05, 4.69) is 6.92 Å². The van der Waals surface area contributed by atoms with Gasteiger partial charge in [0.15, 0.2) is 0 Å². The van der Waals surface area contributed by atoms with Crippen LogP contribution in [0.1, 0.15) is 18.9 Å². The third-order valence-electron chi connectivity index (χ3n) is 3.29. The first-order valence-electron chi connectivity index (χ1n) is 6.77. The summed E-state index contributed by atoms with van der Waals surface area (Å²) in [5.74, 6) is 0.972. The van der Waals surface area contributed by atoms with Gasteiger partial charge in [-0.2, -0.15) is 0 Å². The second-order valence-electron chi connectivity index (χ2n) is 4.66. The van der Waals surface area contributed by atoms with E-state index < -0.39 is 0 Å². The maximum absolute atomic E-state index is 6.28. The van der Waals surface area contributed by atoms with Gasteiger partial charge in [-0.25, -0.2) is 0 Å². The highest BCUT2D eigenvalue weighted by Crippen LogP contribution is 2.37. The summed E-state index contributed by atoms with van der Waals surface area (Å²) in [7, 11) is 1.63. The van der Waals surface area contributed by atoms with Crippen molar-refractivity contribution in [2.24, 2.45) is 11.5 Å². The van der Waals surface area contributed by atoms with E-state index in [4.69, 9.17) is 27.8 Å². The molecule has 2 rings (SSSR count). The Morgan fingerprint density at radius 1 is 1.19 bits per heavy atom. The lowest BCUT2D eigenvalue weighted by Gasteiger charge is -2.15. The van der Waals surface area contributed by atoms with Crippen LogP contribution >= 0.6 is 11.6 Å². The van der Waals surface area contributed by atoms with E-state index >= 15 is 0 Å². The molecule has 0 aliphatic carbocycles. The number of rotatable bonds is 4. The Morgan fingerprint density at radius 3 is 2.57 bits per heavy atom. The molecule has 0 aliphatic heterocycles. The van der Waals surface area contributed by atoms with E-state index in [-0.39, 0.29) is 5.82 Å². The van der Waals surface area contributed by atoms with Gasteiger partial charge >= 0.3 is 0 Å². The van der Waals surface area contributed by atoms with E-state index in [1.165, 1.54) is 0 Å². The Hall–Kier alpha value is -2.13. The van der Waals surface area contributed by atoms with E-state index in [1.54, 1.807) is 7.11 Å². The van der Waals surface area contributed by atoms with Crippen molar-refractivity contribution in [1.82, 2.24) is 0 Å². The van der Waals surface area contributed by atoms with Gasteiger partial charge < -0.3 is 16.2 Å². The standard InChI is InChI=1S/C17H19ClN2O/c1-3-4-6-13(17(19)20)16-12-7-5-8-14(18)11(12)9-10-15(16)21-2/h4-10H,3,19-20H2,1-2H3/b6-4-. The maximum Gasteiger partial charge on any atom is 0.127 e. The number of hydrogen-bond acceptors (Lipinski definition) is 3. The molecule has 4 N–H and O–H groups in total. The van der Waals surface area contributed by atoms with E-state index in [0.29, 0.717) is 10.8 Å². The fourth-order valence-corrected chi connectivity index (χ4v) is 2.54. The van der Waals surface area contributed by atoms with E-state index in [9.17, 15) is 0 Å². The molecule has 2 aromatic rings. The van der Waals surface area contributed by atoms with Crippen molar-refractivity contribution in [3.63, 3.8) is 0 Å². The molecular weight excluding hydrogens is 284 g/mol. The second kappa shape index (κ2) is 6.55. The van der Waals surface area contributed by atoms with Crippen molar-refractivity contribution in [2.45, 2.75) is 13.3 Å². The molecule has 0 aliphatic rings. The zero-order valence-corrected chi connectivity index (χ0v) is 12.9. The molecule has 2 aromatic carbocycles. The molecule has 0 fully saturated rings. The molecule has 0 radical (unpaired) electrons. The number of halogens is 1. The highest BCUT2D eigenvalue weighted by molar-refractivity contribution is 6.35. The quantitative estimate of drug-likeness (QED) is 0.837. The van der Waals surface area contributed by atoms with Crippen LogP contribution in [0.15, 0.2) is 48.3 Å². The van der Waals surface area contributed by atoms with Crippen LogP contribution in [0.3, 0.4) is 0 Å². The van der Waals surface area contributed by atoms with Crippen LogP contribution < -0.4 is 16.2 Å². The monoisotopic (exact) mass is 302 g/mol.